The summed E-state index contributed by atoms with van der Waals surface area (Å²) >= 11 is 0. The minimum Gasteiger partial charge on any atom is -0.384 e. The maximum absolute atomic E-state index is 12.4. The van der Waals surface area contributed by atoms with Crippen LogP contribution in [0.15, 0.2) is 18.5 Å². The van der Waals surface area contributed by atoms with Crippen molar-refractivity contribution in [2.75, 3.05) is 17.2 Å². The molecule has 1 saturated carbocycles. The van der Waals surface area contributed by atoms with E-state index in [0.717, 1.165) is 43.4 Å². The first-order valence-corrected chi connectivity index (χ1v) is 7.66. The van der Waals surface area contributed by atoms with Gasteiger partial charge in [-0.15, -0.1) is 0 Å². The summed E-state index contributed by atoms with van der Waals surface area (Å²) < 4.78 is 0. The van der Waals surface area contributed by atoms with Crippen molar-refractivity contribution in [2.24, 2.45) is 0 Å². The Morgan fingerprint density at radius 2 is 2.14 bits per heavy atom. The minimum absolute atomic E-state index is 0.107. The van der Waals surface area contributed by atoms with Crippen molar-refractivity contribution in [3.63, 3.8) is 0 Å². The Bertz CT molecular complexity index is 729. The van der Waals surface area contributed by atoms with Gasteiger partial charge in [0.1, 0.15) is 24.0 Å². The lowest BCUT2D eigenvalue weighted by Gasteiger charge is -2.25. The summed E-state index contributed by atoms with van der Waals surface area (Å²) in [5.41, 5.74) is 6.28. The van der Waals surface area contributed by atoms with Crippen molar-refractivity contribution < 1.29 is 4.79 Å². The van der Waals surface area contributed by atoms with Crippen LogP contribution in [0.25, 0.3) is 11.0 Å². The Hall–Kier alpha value is -2.44. The molecule has 0 aromatic carbocycles. The molecule has 1 amide bonds. The number of carbonyl (C=O) groups is 1. The van der Waals surface area contributed by atoms with Crippen LogP contribution in [0.1, 0.15) is 25.7 Å². The number of pyridine rings is 1. The molecule has 1 atom stereocenters. The first kappa shape index (κ1) is 13.2. The summed E-state index contributed by atoms with van der Waals surface area (Å²) in [5, 5.41) is 3.93. The van der Waals surface area contributed by atoms with E-state index in [4.69, 9.17) is 5.73 Å². The molecule has 1 saturated heterocycles. The van der Waals surface area contributed by atoms with Crippen molar-refractivity contribution in [3.05, 3.63) is 18.5 Å². The number of fused-ring (bicyclic) bond motifs is 1. The van der Waals surface area contributed by atoms with Crippen molar-refractivity contribution in [2.45, 2.75) is 37.8 Å². The molecular weight excluding hydrogens is 280 g/mol. The lowest BCUT2D eigenvalue weighted by Crippen LogP contribution is -2.44. The smallest absolute Gasteiger partial charge is 0.242 e. The molecule has 0 unspecified atom stereocenters. The topological polar surface area (TPSA) is 97.0 Å². The molecule has 2 aliphatic rings. The Balaban J connectivity index is 1.69. The monoisotopic (exact) mass is 298 g/mol. The number of nitrogens with two attached hydrogens (primary N) is 1. The third kappa shape index (κ3) is 2.32. The van der Waals surface area contributed by atoms with E-state index >= 15 is 0 Å². The zero-order valence-electron chi connectivity index (χ0n) is 12.2. The highest BCUT2D eigenvalue weighted by Gasteiger charge is 2.35. The van der Waals surface area contributed by atoms with Gasteiger partial charge in [0.05, 0.1) is 5.39 Å². The second-order valence-electron chi connectivity index (χ2n) is 5.94. The fourth-order valence-electron chi connectivity index (χ4n) is 2.99. The van der Waals surface area contributed by atoms with Crippen LogP contribution in [0, 0.1) is 0 Å². The predicted molar refractivity (Wildman–Crippen MR) is 83.3 cm³/mol. The highest BCUT2D eigenvalue weighted by Crippen LogP contribution is 2.30. The summed E-state index contributed by atoms with van der Waals surface area (Å²) in [5.74, 6) is 1.31. The average molecular weight is 298 g/mol. The van der Waals surface area contributed by atoms with Gasteiger partial charge in [0, 0.05) is 12.6 Å². The van der Waals surface area contributed by atoms with Crippen molar-refractivity contribution in [3.8, 4) is 0 Å². The minimum atomic E-state index is -0.156. The number of nitrogens with one attached hydrogen (secondary N) is 1. The van der Waals surface area contributed by atoms with Crippen LogP contribution in [-0.2, 0) is 4.79 Å². The SMILES string of the molecule is Nc1ccc2c(N3CCC[C@@H]3C(=O)NC3CC3)ncnc2n1. The Labute approximate surface area is 127 Å². The van der Waals surface area contributed by atoms with Gasteiger partial charge in [0.2, 0.25) is 5.91 Å². The van der Waals surface area contributed by atoms with Gasteiger partial charge >= 0.3 is 0 Å². The second-order valence-corrected chi connectivity index (χ2v) is 5.94. The highest BCUT2D eigenvalue weighted by molar-refractivity contribution is 5.92. The third-order valence-electron chi connectivity index (χ3n) is 4.25. The number of hydrogen-bond acceptors (Lipinski definition) is 6. The average Bonchev–Trinajstić information content (AvgIpc) is 3.18. The number of nitrogens with zero attached hydrogens (tertiary/aromatic N) is 4. The summed E-state index contributed by atoms with van der Waals surface area (Å²) in [7, 11) is 0. The summed E-state index contributed by atoms with van der Waals surface area (Å²) in [4.78, 5) is 27.3. The standard InChI is InChI=1S/C15H18N6O/c16-12-6-5-10-13(20-12)17-8-18-14(10)21-7-1-2-11(21)15(22)19-9-3-4-9/h5-6,8-9,11H,1-4,7H2,(H,19,22)(H2,16,17,18,20)/t11-/m1/s1. The maximum atomic E-state index is 12.4. The van der Waals surface area contributed by atoms with E-state index in [1.54, 1.807) is 6.07 Å². The largest absolute Gasteiger partial charge is 0.384 e. The zero-order chi connectivity index (χ0) is 15.1. The van der Waals surface area contributed by atoms with Crippen molar-refractivity contribution in [1.82, 2.24) is 20.3 Å². The molecule has 0 spiro atoms. The molecule has 7 nitrogen and oxygen atoms in total. The zero-order valence-corrected chi connectivity index (χ0v) is 12.2. The molecule has 114 valence electrons. The fraction of sp³-hybridized carbons (Fsp3) is 0.467. The van der Waals surface area contributed by atoms with Crippen LogP contribution in [0.3, 0.4) is 0 Å². The first-order valence-electron chi connectivity index (χ1n) is 7.66. The maximum Gasteiger partial charge on any atom is 0.242 e. The number of carbonyl (C=O) groups excluding carboxylic acids is 1. The molecule has 2 aromatic heterocycles. The number of aromatic nitrogens is 3. The molecule has 3 heterocycles. The molecule has 22 heavy (non-hydrogen) atoms. The van der Waals surface area contributed by atoms with E-state index in [0.29, 0.717) is 17.5 Å². The number of nitrogen functional groups attached to an aromatic ring is 1. The van der Waals surface area contributed by atoms with E-state index in [-0.39, 0.29) is 11.9 Å². The molecule has 4 rings (SSSR count). The van der Waals surface area contributed by atoms with Gasteiger partial charge in [-0.3, -0.25) is 4.79 Å². The van der Waals surface area contributed by atoms with Gasteiger partial charge in [0.25, 0.3) is 0 Å². The molecule has 1 aliphatic heterocycles. The van der Waals surface area contributed by atoms with Gasteiger partial charge in [-0.05, 0) is 37.8 Å². The van der Waals surface area contributed by atoms with Crippen LogP contribution in [0.4, 0.5) is 11.6 Å². The highest BCUT2D eigenvalue weighted by atomic mass is 16.2. The van der Waals surface area contributed by atoms with E-state index < -0.39 is 0 Å². The molecule has 0 radical (unpaired) electrons. The molecular formula is C15H18N6O. The normalized spacial score (nSPS) is 21.3. The van der Waals surface area contributed by atoms with Gasteiger partial charge in [-0.25, -0.2) is 15.0 Å². The predicted octanol–water partition coefficient (Wildman–Crippen LogP) is 0.854. The summed E-state index contributed by atoms with van der Waals surface area (Å²) in [6, 6.07) is 3.83. The lowest BCUT2D eigenvalue weighted by atomic mass is 10.2. The Kier molecular flexibility index (Phi) is 3.06. The van der Waals surface area contributed by atoms with Gasteiger partial charge in [-0.2, -0.15) is 0 Å². The Morgan fingerprint density at radius 1 is 1.27 bits per heavy atom. The van der Waals surface area contributed by atoms with Crippen LogP contribution in [0.5, 0.6) is 0 Å². The fourth-order valence-corrected chi connectivity index (χ4v) is 2.99. The van der Waals surface area contributed by atoms with Crippen LogP contribution < -0.4 is 16.0 Å². The Morgan fingerprint density at radius 3 is 2.95 bits per heavy atom. The molecule has 3 N–H and O–H groups in total. The summed E-state index contributed by atoms with van der Waals surface area (Å²) in [6.07, 6.45) is 5.51. The number of amides is 1. The second kappa shape index (κ2) is 5.08. The van der Waals surface area contributed by atoms with Crippen LogP contribution in [-0.4, -0.2) is 39.5 Å². The molecule has 2 aromatic rings. The van der Waals surface area contributed by atoms with E-state index in [1.165, 1.54) is 6.33 Å². The van der Waals surface area contributed by atoms with E-state index in [2.05, 4.69) is 25.2 Å². The van der Waals surface area contributed by atoms with Crippen LogP contribution >= 0.6 is 0 Å². The van der Waals surface area contributed by atoms with E-state index in [1.807, 2.05) is 6.07 Å². The third-order valence-corrected chi connectivity index (χ3v) is 4.25. The van der Waals surface area contributed by atoms with Gasteiger partial charge in [0.15, 0.2) is 5.65 Å². The van der Waals surface area contributed by atoms with Crippen LogP contribution in [0.2, 0.25) is 0 Å². The lowest BCUT2D eigenvalue weighted by molar-refractivity contribution is -0.122. The van der Waals surface area contributed by atoms with Gasteiger partial charge in [-0.1, -0.05) is 0 Å². The number of hydrogen-bond donors (Lipinski definition) is 2. The van der Waals surface area contributed by atoms with Crippen molar-refractivity contribution >= 4 is 28.6 Å². The molecule has 0 bridgehead atoms. The van der Waals surface area contributed by atoms with E-state index in [9.17, 15) is 4.79 Å². The quantitative estimate of drug-likeness (QED) is 0.872. The molecule has 2 fully saturated rings. The van der Waals surface area contributed by atoms with Gasteiger partial charge < -0.3 is 16.0 Å². The number of rotatable bonds is 3. The first-order chi connectivity index (χ1) is 10.7. The molecule has 7 heteroatoms. The van der Waals surface area contributed by atoms with Crippen molar-refractivity contribution in [1.29, 1.82) is 0 Å². The summed E-state index contributed by atoms with van der Waals surface area (Å²) in [6.45, 7) is 0.819. The number of anilines is 2. The molecule has 1 aliphatic carbocycles.